The van der Waals surface area contributed by atoms with E-state index in [4.69, 9.17) is 0 Å². The Kier molecular flexibility index (Phi) is 5.28. The molecule has 1 aliphatic rings. The van der Waals surface area contributed by atoms with Crippen molar-refractivity contribution in [2.75, 3.05) is 26.2 Å². The number of hydrogen-bond donors (Lipinski definition) is 0. The van der Waals surface area contributed by atoms with Gasteiger partial charge < -0.3 is 0 Å². The average molecular weight is 348 g/mol. The van der Waals surface area contributed by atoms with E-state index in [9.17, 15) is 12.8 Å². The van der Waals surface area contributed by atoms with Gasteiger partial charge in [0.15, 0.2) is 0 Å². The highest BCUT2D eigenvalue weighted by Gasteiger charge is 2.27. The molecule has 0 aromatic heterocycles. The molecule has 0 spiro atoms. The van der Waals surface area contributed by atoms with Gasteiger partial charge in [-0.3, -0.25) is 4.90 Å². The van der Waals surface area contributed by atoms with Gasteiger partial charge in [-0.25, -0.2) is 12.8 Å². The summed E-state index contributed by atoms with van der Waals surface area (Å²) in [6.45, 7) is 3.22. The maximum atomic E-state index is 13.4. The maximum Gasteiger partial charge on any atom is 0.243 e. The van der Waals surface area contributed by atoms with Crippen molar-refractivity contribution in [3.05, 3.63) is 66.0 Å². The van der Waals surface area contributed by atoms with Gasteiger partial charge in [-0.1, -0.05) is 36.4 Å². The van der Waals surface area contributed by atoms with Crippen LogP contribution in [0.1, 0.15) is 12.0 Å². The Hall–Kier alpha value is -1.76. The first kappa shape index (κ1) is 17.1. The summed E-state index contributed by atoms with van der Waals surface area (Å²) in [6, 6.07) is 15.4. The van der Waals surface area contributed by atoms with Crippen molar-refractivity contribution in [3.63, 3.8) is 0 Å². The molecule has 0 unspecified atom stereocenters. The van der Waals surface area contributed by atoms with Crippen molar-refractivity contribution < 1.29 is 12.8 Å². The van der Waals surface area contributed by atoms with Gasteiger partial charge >= 0.3 is 0 Å². The summed E-state index contributed by atoms with van der Waals surface area (Å²) in [5.41, 5.74) is 1.22. The lowest BCUT2D eigenvalue weighted by Crippen LogP contribution is -2.35. The van der Waals surface area contributed by atoms with E-state index in [1.165, 1.54) is 28.1 Å². The number of benzene rings is 2. The summed E-state index contributed by atoms with van der Waals surface area (Å²) in [5, 5.41) is 0. The second-order valence-corrected chi connectivity index (χ2v) is 7.91. The highest BCUT2D eigenvalue weighted by Crippen LogP contribution is 2.19. The summed E-state index contributed by atoms with van der Waals surface area (Å²) in [7, 11) is -3.64. The third kappa shape index (κ3) is 4.01. The zero-order chi connectivity index (χ0) is 17.0. The molecular formula is C18H21FN2O2S. The average Bonchev–Trinajstić information content (AvgIpc) is 2.82. The Balaban J connectivity index is 1.69. The molecule has 2 aromatic carbocycles. The normalized spacial score (nSPS) is 17.5. The fraction of sp³-hybridized carbons (Fsp3) is 0.333. The Morgan fingerprint density at radius 2 is 1.71 bits per heavy atom. The van der Waals surface area contributed by atoms with E-state index in [1.807, 2.05) is 18.2 Å². The van der Waals surface area contributed by atoms with Gasteiger partial charge in [0, 0.05) is 26.2 Å². The van der Waals surface area contributed by atoms with Gasteiger partial charge in [0.25, 0.3) is 0 Å². The quantitative estimate of drug-likeness (QED) is 0.853. The topological polar surface area (TPSA) is 40.6 Å². The van der Waals surface area contributed by atoms with Gasteiger partial charge in [0.2, 0.25) is 10.0 Å². The summed E-state index contributed by atoms with van der Waals surface area (Å²) < 4.78 is 40.2. The lowest BCUT2D eigenvalue weighted by Gasteiger charge is -2.22. The third-order valence-electron chi connectivity index (χ3n) is 4.23. The molecule has 1 fully saturated rings. The smallest absolute Gasteiger partial charge is 0.243 e. The molecule has 1 heterocycles. The molecule has 128 valence electrons. The molecule has 2 aromatic rings. The van der Waals surface area contributed by atoms with Crippen molar-refractivity contribution in [1.82, 2.24) is 9.21 Å². The lowest BCUT2D eigenvalue weighted by molar-refractivity contribution is 0.278. The third-order valence-corrected chi connectivity index (χ3v) is 6.12. The molecule has 0 saturated carbocycles. The summed E-state index contributed by atoms with van der Waals surface area (Å²) in [5.74, 6) is -0.531. The highest BCUT2D eigenvalue weighted by molar-refractivity contribution is 7.89. The molecule has 4 nitrogen and oxygen atoms in total. The molecule has 3 rings (SSSR count). The molecule has 0 bridgehead atoms. The van der Waals surface area contributed by atoms with E-state index < -0.39 is 15.8 Å². The van der Waals surface area contributed by atoms with Crippen molar-refractivity contribution in [2.45, 2.75) is 17.9 Å². The largest absolute Gasteiger partial charge is 0.298 e. The second-order valence-electron chi connectivity index (χ2n) is 5.98. The van der Waals surface area contributed by atoms with Crippen molar-refractivity contribution in [1.29, 1.82) is 0 Å². The van der Waals surface area contributed by atoms with Gasteiger partial charge in [0.05, 0.1) is 4.90 Å². The van der Waals surface area contributed by atoms with Gasteiger partial charge in [0.1, 0.15) is 5.82 Å². The summed E-state index contributed by atoms with van der Waals surface area (Å²) >= 11 is 0. The van der Waals surface area contributed by atoms with Crippen LogP contribution < -0.4 is 0 Å². The minimum atomic E-state index is -3.64. The van der Waals surface area contributed by atoms with Crippen LogP contribution in [0.15, 0.2) is 59.5 Å². The first-order valence-electron chi connectivity index (χ1n) is 8.08. The Labute approximate surface area is 142 Å². The standard InChI is InChI=1S/C18H21FN2O2S/c19-17-8-4-9-18(14-17)24(22,23)21-11-5-10-20(12-13-21)15-16-6-2-1-3-7-16/h1-4,6-9,14H,5,10-13,15H2. The molecule has 0 radical (unpaired) electrons. The molecule has 1 saturated heterocycles. The molecule has 24 heavy (non-hydrogen) atoms. The SMILES string of the molecule is O=S(=O)(c1cccc(F)c1)N1CCCN(Cc2ccccc2)CC1. The van der Waals surface area contributed by atoms with Crippen LogP contribution in [0.2, 0.25) is 0 Å². The predicted molar refractivity (Wildman–Crippen MR) is 91.5 cm³/mol. The van der Waals surface area contributed by atoms with Crippen LogP contribution in [-0.4, -0.2) is 43.8 Å². The highest BCUT2D eigenvalue weighted by atomic mass is 32.2. The molecule has 0 atom stereocenters. The van der Waals surface area contributed by atoms with Gasteiger partial charge in [-0.15, -0.1) is 0 Å². The van der Waals surface area contributed by atoms with Crippen molar-refractivity contribution >= 4 is 10.0 Å². The zero-order valence-corrected chi connectivity index (χ0v) is 14.3. The monoisotopic (exact) mass is 348 g/mol. The minimum absolute atomic E-state index is 0.0269. The van der Waals surface area contributed by atoms with Gasteiger partial charge in [-0.2, -0.15) is 4.31 Å². The first-order chi connectivity index (χ1) is 11.6. The van der Waals surface area contributed by atoms with Crippen LogP contribution >= 0.6 is 0 Å². The molecular weight excluding hydrogens is 327 g/mol. The number of hydrogen-bond acceptors (Lipinski definition) is 3. The molecule has 1 aliphatic heterocycles. The number of rotatable bonds is 4. The Bertz CT molecular complexity index is 781. The van der Waals surface area contributed by atoms with E-state index >= 15 is 0 Å². The van der Waals surface area contributed by atoms with E-state index in [0.29, 0.717) is 19.6 Å². The molecule has 0 N–H and O–H groups in total. The summed E-state index contributed by atoms with van der Waals surface area (Å²) in [6.07, 6.45) is 0.765. The van der Waals surface area contributed by atoms with Crippen LogP contribution in [0.4, 0.5) is 4.39 Å². The number of sulfonamides is 1. The van der Waals surface area contributed by atoms with E-state index in [-0.39, 0.29) is 4.90 Å². The van der Waals surface area contributed by atoms with E-state index in [1.54, 1.807) is 0 Å². The van der Waals surface area contributed by atoms with Gasteiger partial charge in [-0.05, 0) is 36.7 Å². The molecule has 6 heteroatoms. The molecule has 0 aliphatic carbocycles. The number of nitrogens with zero attached hydrogens (tertiary/aromatic N) is 2. The molecule has 0 amide bonds. The van der Waals surface area contributed by atoms with E-state index in [0.717, 1.165) is 25.6 Å². The summed E-state index contributed by atoms with van der Waals surface area (Å²) in [4.78, 5) is 2.29. The fourth-order valence-electron chi connectivity index (χ4n) is 2.96. The fourth-order valence-corrected chi connectivity index (χ4v) is 4.47. The van der Waals surface area contributed by atoms with Crippen LogP contribution in [0, 0.1) is 5.82 Å². The van der Waals surface area contributed by atoms with Crippen LogP contribution in [0.3, 0.4) is 0 Å². The Morgan fingerprint density at radius 3 is 2.46 bits per heavy atom. The van der Waals surface area contributed by atoms with Crippen molar-refractivity contribution in [2.24, 2.45) is 0 Å². The minimum Gasteiger partial charge on any atom is -0.298 e. The maximum absolute atomic E-state index is 13.4. The predicted octanol–water partition coefficient (Wildman–Crippen LogP) is 2.72. The second kappa shape index (κ2) is 7.42. The van der Waals surface area contributed by atoms with Crippen molar-refractivity contribution in [3.8, 4) is 0 Å². The number of halogens is 1. The zero-order valence-electron chi connectivity index (χ0n) is 13.4. The first-order valence-corrected chi connectivity index (χ1v) is 9.52. The van der Waals surface area contributed by atoms with E-state index in [2.05, 4.69) is 17.0 Å². The lowest BCUT2D eigenvalue weighted by atomic mass is 10.2. The van der Waals surface area contributed by atoms with Crippen LogP contribution in [0.25, 0.3) is 0 Å². The van der Waals surface area contributed by atoms with Crippen LogP contribution in [0.5, 0.6) is 0 Å². The van der Waals surface area contributed by atoms with Crippen LogP contribution in [-0.2, 0) is 16.6 Å². The Morgan fingerprint density at radius 1 is 0.917 bits per heavy atom.